The number of aliphatic imine (C=N–C) groups is 2. The van der Waals surface area contributed by atoms with Crippen molar-refractivity contribution in [1.29, 1.82) is 5.41 Å². The molecule has 0 aliphatic carbocycles. The van der Waals surface area contributed by atoms with Crippen LogP contribution < -0.4 is 10.6 Å². The Labute approximate surface area is 207 Å². The lowest BCUT2D eigenvalue weighted by atomic mass is 10.0. The minimum atomic E-state index is -0.424. The fraction of sp³-hybridized carbons (Fsp3) is 0.269. The van der Waals surface area contributed by atoms with E-state index in [4.69, 9.17) is 17.0 Å². The zero-order valence-corrected chi connectivity index (χ0v) is 20.8. The third kappa shape index (κ3) is 9.58. The summed E-state index contributed by atoms with van der Waals surface area (Å²) < 4.78 is 14.1. The molecule has 1 rings (SSSR count). The standard InChI is InChI=1S/C26H34ClFN6/c1-6-8-20(24(13-16-30-3)32-19-33-26(31-4)12-15-29)14-17-34(5)25(9-7-2)21-10-11-22(27)23(28)18-21/h6,8,10-18,25,29,31,33H,1,3,7,9,19H2,2,4-5H3/b16-13-,17-14-,20-8+,26-12+,29-15?,32-24+. The first-order chi connectivity index (χ1) is 16.4. The number of allylic oxidation sites excluding steroid dienone is 6. The maximum Gasteiger partial charge on any atom is 0.142 e. The van der Waals surface area contributed by atoms with Crippen molar-refractivity contribution in [1.82, 2.24) is 15.5 Å². The highest BCUT2D eigenvalue weighted by molar-refractivity contribution is 6.30. The molecule has 182 valence electrons. The van der Waals surface area contributed by atoms with Crippen LogP contribution in [-0.4, -0.2) is 44.3 Å². The number of hydrogen-bond acceptors (Lipinski definition) is 6. The number of hydrogen-bond donors (Lipinski definition) is 3. The molecule has 6 nitrogen and oxygen atoms in total. The monoisotopic (exact) mass is 484 g/mol. The van der Waals surface area contributed by atoms with Crippen LogP contribution in [0.15, 0.2) is 88.9 Å². The van der Waals surface area contributed by atoms with Crippen LogP contribution in [0.1, 0.15) is 31.4 Å². The molecular formula is C26H34ClFN6. The molecule has 0 bridgehead atoms. The van der Waals surface area contributed by atoms with E-state index in [1.54, 1.807) is 37.5 Å². The smallest absolute Gasteiger partial charge is 0.142 e. The zero-order chi connectivity index (χ0) is 25.3. The summed E-state index contributed by atoms with van der Waals surface area (Å²) in [7, 11) is 3.71. The Hall–Kier alpha value is -3.45. The summed E-state index contributed by atoms with van der Waals surface area (Å²) >= 11 is 5.87. The molecule has 0 saturated heterocycles. The Morgan fingerprint density at radius 2 is 2.09 bits per heavy atom. The Balaban J connectivity index is 3.21. The fourth-order valence-electron chi connectivity index (χ4n) is 3.14. The minimum absolute atomic E-state index is 0.0186. The van der Waals surface area contributed by atoms with E-state index in [1.807, 2.05) is 36.4 Å². The van der Waals surface area contributed by atoms with Gasteiger partial charge >= 0.3 is 0 Å². The lowest BCUT2D eigenvalue weighted by molar-refractivity contribution is 0.315. The van der Waals surface area contributed by atoms with Crippen molar-refractivity contribution in [2.24, 2.45) is 9.98 Å². The van der Waals surface area contributed by atoms with Gasteiger partial charge in [0.25, 0.3) is 0 Å². The van der Waals surface area contributed by atoms with Crippen LogP contribution in [0.3, 0.4) is 0 Å². The van der Waals surface area contributed by atoms with Crippen molar-refractivity contribution in [3.05, 3.63) is 95.4 Å². The third-order valence-corrected chi connectivity index (χ3v) is 5.15. The zero-order valence-electron chi connectivity index (χ0n) is 20.1. The molecule has 0 aromatic heterocycles. The summed E-state index contributed by atoms with van der Waals surface area (Å²) in [5, 5.41) is 13.4. The van der Waals surface area contributed by atoms with Gasteiger partial charge in [0, 0.05) is 32.1 Å². The van der Waals surface area contributed by atoms with E-state index in [-0.39, 0.29) is 17.7 Å². The van der Waals surface area contributed by atoms with Gasteiger partial charge < -0.3 is 20.9 Å². The predicted molar refractivity (Wildman–Crippen MR) is 144 cm³/mol. The van der Waals surface area contributed by atoms with Crippen LogP contribution in [0.2, 0.25) is 5.02 Å². The second-order valence-electron chi connectivity index (χ2n) is 7.19. The fourth-order valence-corrected chi connectivity index (χ4v) is 3.26. The second kappa shape index (κ2) is 16.2. The van der Waals surface area contributed by atoms with Crippen LogP contribution in [0.25, 0.3) is 0 Å². The third-order valence-electron chi connectivity index (χ3n) is 4.84. The van der Waals surface area contributed by atoms with E-state index in [0.29, 0.717) is 11.5 Å². The Morgan fingerprint density at radius 1 is 1.32 bits per heavy atom. The first kappa shape index (κ1) is 28.6. The van der Waals surface area contributed by atoms with Crippen LogP contribution in [0, 0.1) is 11.2 Å². The van der Waals surface area contributed by atoms with Gasteiger partial charge in [0.2, 0.25) is 0 Å². The van der Waals surface area contributed by atoms with Crippen molar-refractivity contribution in [3.63, 3.8) is 0 Å². The highest BCUT2D eigenvalue weighted by Gasteiger charge is 2.15. The van der Waals surface area contributed by atoms with Gasteiger partial charge in [-0.1, -0.05) is 49.7 Å². The molecule has 0 aliphatic heterocycles. The van der Waals surface area contributed by atoms with Crippen LogP contribution >= 0.6 is 11.6 Å². The largest absolute Gasteiger partial charge is 0.375 e. The van der Waals surface area contributed by atoms with Gasteiger partial charge in [0.05, 0.1) is 16.8 Å². The molecular weight excluding hydrogens is 451 g/mol. The first-order valence-electron chi connectivity index (χ1n) is 10.9. The number of rotatable bonds is 15. The molecule has 1 aromatic rings. The molecule has 1 aromatic carbocycles. The maximum atomic E-state index is 14.1. The molecule has 0 amide bonds. The normalized spacial score (nSPS) is 13.7. The first-order valence-corrected chi connectivity index (χ1v) is 11.3. The number of benzene rings is 1. The molecule has 0 aliphatic rings. The van der Waals surface area contributed by atoms with E-state index in [2.05, 4.69) is 40.8 Å². The summed E-state index contributed by atoms with van der Waals surface area (Å²) in [5.74, 6) is 0.248. The van der Waals surface area contributed by atoms with Gasteiger partial charge in [0.15, 0.2) is 0 Å². The van der Waals surface area contributed by atoms with Crippen LogP contribution in [-0.2, 0) is 0 Å². The van der Waals surface area contributed by atoms with E-state index in [1.165, 1.54) is 12.3 Å². The van der Waals surface area contributed by atoms with Gasteiger partial charge in [0.1, 0.15) is 18.3 Å². The maximum absolute atomic E-state index is 14.1. The van der Waals surface area contributed by atoms with Crippen molar-refractivity contribution in [2.75, 3.05) is 20.8 Å². The van der Waals surface area contributed by atoms with E-state index in [0.717, 1.165) is 24.0 Å². The summed E-state index contributed by atoms with van der Waals surface area (Å²) in [6.45, 7) is 9.68. The highest BCUT2D eigenvalue weighted by atomic mass is 35.5. The van der Waals surface area contributed by atoms with Crippen LogP contribution in [0.5, 0.6) is 0 Å². The summed E-state index contributed by atoms with van der Waals surface area (Å²) in [4.78, 5) is 10.4. The number of halogens is 2. The minimum Gasteiger partial charge on any atom is -0.375 e. The van der Waals surface area contributed by atoms with E-state index in [9.17, 15) is 4.39 Å². The second-order valence-corrected chi connectivity index (χ2v) is 7.60. The average molecular weight is 485 g/mol. The quantitative estimate of drug-likeness (QED) is 0.218. The van der Waals surface area contributed by atoms with Gasteiger partial charge in [-0.15, -0.1) is 0 Å². The van der Waals surface area contributed by atoms with Crippen molar-refractivity contribution >= 4 is 30.2 Å². The number of nitrogens with zero attached hydrogens (tertiary/aromatic N) is 3. The van der Waals surface area contributed by atoms with Gasteiger partial charge in [-0.2, -0.15) is 0 Å². The average Bonchev–Trinajstić information content (AvgIpc) is 2.83. The Bertz CT molecular complexity index is 978. The summed E-state index contributed by atoms with van der Waals surface area (Å²) in [5.41, 5.74) is 2.33. The molecule has 0 saturated carbocycles. The predicted octanol–water partition coefficient (Wildman–Crippen LogP) is 5.79. The molecule has 0 spiro atoms. The van der Waals surface area contributed by atoms with Crippen molar-refractivity contribution in [3.8, 4) is 0 Å². The molecule has 0 fully saturated rings. The molecule has 3 N–H and O–H groups in total. The molecule has 0 radical (unpaired) electrons. The van der Waals surface area contributed by atoms with Gasteiger partial charge in [-0.25, -0.2) is 4.39 Å². The molecule has 0 heterocycles. The molecule has 34 heavy (non-hydrogen) atoms. The van der Waals surface area contributed by atoms with Gasteiger partial charge in [-0.3, -0.25) is 9.98 Å². The highest BCUT2D eigenvalue weighted by Crippen LogP contribution is 2.28. The lowest BCUT2D eigenvalue weighted by Gasteiger charge is -2.27. The number of nitrogens with one attached hydrogen (secondary N) is 3. The van der Waals surface area contributed by atoms with Gasteiger partial charge in [-0.05, 0) is 55.3 Å². The topological polar surface area (TPSA) is 75.9 Å². The van der Waals surface area contributed by atoms with E-state index < -0.39 is 5.82 Å². The van der Waals surface area contributed by atoms with Crippen molar-refractivity contribution in [2.45, 2.75) is 25.8 Å². The summed E-state index contributed by atoms with van der Waals surface area (Å²) in [6.07, 6.45) is 15.3. The van der Waals surface area contributed by atoms with Crippen molar-refractivity contribution < 1.29 is 4.39 Å². The lowest BCUT2D eigenvalue weighted by Crippen LogP contribution is -2.24. The molecule has 1 atom stereocenters. The Kier molecular flexibility index (Phi) is 13.6. The molecule has 8 heteroatoms. The molecule has 1 unspecified atom stereocenters. The van der Waals surface area contributed by atoms with E-state index >= 15 is 0 Å². The SMILES string of the molecule is C=C/C=C(\C=C/N(C)C(CCC)c1ccc(Cl)c(F)c1)C(/C=C\N=C)=N/CN/C(=C/C=N)NC. The summed E-state index contributed by atoms with van der Waals surface area (Å²) in [6, 6.07) is 4.92. The Morgan fingerprint density at radius 3 is 2.68 bits per heavy atom. The van der Waals surface area contributed by atoms with Crippen LogP contribution in [0.4, 0.5) is 4.39 Å².